The van der Waals surface area contributed by atoms with Crippen LogP contribution >= 0.6 is 23.2 Å². The number of aromatic nitrogens is 4. The number of halogens is 2. The molecule has 8 nitrogen and oxygen atoms in total. The van der Waals surface area contributed by atoms with Crippen molar-refractivity contribution in [3.8, 4) is 28.5 Å². The van der Waals surface area contributed by atoms with E-state index in [1.165, 1.54) is 7.11 Å². The molecule has 0 aliphatic carbocycles. The summed E-state index contributed by atoms with van der Waals surface area (Å²) in [5.74, 6) is 0.489. The molecule has 5 N–H and O–H groups in total. The van der Waals surface area contributed by atoms with Crippen LogP contribution in [-0.2, 0) is 6.54 Å². The van der Waals surface area contributed by atoms with Gasteiger partial charge in [0.15, 0.2) is 5.82 Å². The van der Waals surface area contributed by atoms with E-state index >= 15 is 0 Å². The van der Waals surface area contributed by atoms with Crippen LogP contribution in [0.4, 0.5) is 0 Å². The van der Waals surface area contributed by atoms with Gasteiger partial charge in [-0.15, -0.1) is 0 Å². The van der Waals surface area contributed by atoms with Gasteiger partial charge in [0.1, 0.15) is 11.4 Å². The Morgan fingerprint density at radius 3 is 2.77 bits per heavy atom. The van der Waals surface area contributed by atoms with E-state index < -0.39 is 5.91 Å². The Balaban J connectivity index is 1.86. The van der Waals surface area contributed by atoms with Gasteiger partial charge >= 0.3 is 0 Å². The second-order valence-electron chi connectivity index (χ2n) is 6.92. The first kappa shape index (κ1) is 21.2. The van der Waals surface area contributed by atoms with Crippen molar-refractivity contribution in [3.05, 3.63) is 52.1 Å². The molecule has 2 aromatic carbocycles. The summed E-state index contributed by atoms with van der Waals surface area (Å²) in [4.78, 5) is 19.5. The SMILES string of the molecule is COc1c(Cl)cc(Cl)cc1-c1cnc(-c2nn(CCCN)c3ccc(C(N)=O)cc23)[nH]1. The molecule has 0 aliphatic rings. The maximum absolute atomic E-state index is 11.7. The fourth-order valence-electron chi connectivity index (χ4n) is 3.47. The highest BCUT2D eigenvalue weighted by Crippen LogP contribution is 2.39. The molecule has 0 fully saturated rings. The minimum atomic E-state index is -0.513. The van der Waals surface area contributed by atoms with Crippen LogP contribution < -0.4 is 16.2 Å². The maximum atomic E-state index is 11.7. The van der Waals surface area contributed by atoms with Crippen LogP contribution in [-0.4, -0.2) is 39.3 Å². The molecular weight excluding hydrogens is 439 g/mol. The van der Waals surface area contributed by atoms with Gasteiger partial charge in [0.05, 0.1) is 29.5 Å². The van der Waals surface area contributed by atoms with Gasteiger partial charge in [0.25, 0.3) is 0 Å². The molecule has 0 saturated heterocycles. The molecule has 160 valence electrons. The standard InChI is InChI=1S/C21H20Cl2N6O2/c1-31-19-13(8-12(22)9-15(19)23)16-10-26-21(27-16)18-14-7-11(20(25)30)3-4-17(14)29(28-18)6-2-5-24/h3-4,7-10H,2,5-6,24H2,1H3,(H2,25,30)(H,26,27). The largest absolute Gasteiger partial charge is 0.494 e. The lowest BCUT2D eigenvalue weighted by atomic mass is 10.1. The third-order valence-corrected chi connectivity index (χ3v) is 5.41. The molecule has 1 amide bonds. The second kappa shape index (κ2) is 8.58. The first-order valence-corrected chi connectivity index (χ1v) is 10.3. The molecule has 31 heavy (non-hydrogen) atoms. The number of H-pyrrole nitrogens is 1. The molecule has 2 heterocycles. The van der Waals surface area contributed by atoms with Gasteiger partial charge in [-0.1, -0.05) is 23.2 Å². The summed E-state index contributed by atoms with van der Waals surface area (Å²) in [6.07, 6.45) is 2.41. The van der Waals surface area contributed by atoms with E-state index in [2.05, 4.69) is 9.97 Å². The summed E-state index contributed by atoms with van der Waals surface area (Å²) in [7, 11) is 1.54. The fraction of sp³-hybridized carbons (Fsp3) is 0.190. The van der Waals surface area contributed by atoms with Crippen LogP contribution in [0.3, 0.4) is 0 Å². The first-order valence-electron chi connectivity index (χ1n) is 9.52. The quantitative estimate of drug-likeness (QED) is 0.387. The van der Waals surface area contributed by atoms with Gasteiger partial charge in [0.2, 0.25) is 5.91 Å². The fourth-order valence-corrected chi connectivity index (χ4v) is 4.04. The number of hydrogen-bond acceptors (Lipinski definition) is 5. The Labute approximate surface area is 188 Å². The molecule has 0 unspecified atom stereocenters. The third kappa shape index (κ3) is 3.97. The maximum Gasteiger partial charge on any atom is 0.248 e. The van der Waals surface area contributed by atoms with Crippen LogP contribution in [0.5, 0.6) is 5.75 Å². The van der Waals surface area contributed by atoms with E-state index in [0.717, 1.165) is 17.3 Å². The topological polar surface area (TPSA) is 125 Å². The van der Waals surface area contributed by atoms with Crippen LogP contribution in [0.1, 0.15) is 16.8 Å². The second-order valence-corrected chi connectivity index (χ2v) is 7.77. The third-order valence-electron chi connectivity index (χ3n) is 4.91. The number of hydrogen-bond donors (Lipinski definition) is 3. The molecule has 2 aromatic heterocycles. The Morgan fingerprint density at radius 2 is 2.06 bits per heavy atom. The highest BCUT2D eigenvalue weighted by Gasteiger charge is 2.19. The van der Waals surface area contributed by atoms with Crippen molar-refractivity contribution >= 4 is 40.0 Å². The first-order chi connectivity index (χ1) is 14.9. The number of aryl methyl sites for hydroxylation is 1. The molecule has 10 heteroatoms. The Morgan fingerprint density at radius 1 is 1.26 bits per heavy atom. The highest BCUT2D eigenvalue weighted by atomic mass is 35.5. The summed E-state index contributed by atoms with van der Waals surface area (Å²) in [5.41, 5.74) is 14.3. The van der Waals surface area contributed by atoms with E-state index in [-0.39, 0.29) is 0 Å². The summed E-state index contributed by atoms with van der Waals surface area (Å²) >= 11 is 12.5. The van der Waals surface area contributed by atoms with Crippen molar-refractivity contribution in [1.82, 2.24) is 19.7 Å². The van der Waals surface area contributed by atoms with Crippen LogP contribution in [0.15, 0.2) is 36.5 Å². The van der Waals surface area contributed by atoms with E-state index in [1.54, 1.807) is 30.5 Å². The number of nitrogens with two attached hydrogens (primary N) is 2. The lowest BCUT2D eigenvalue weighted by molar-refractivity contribution is 0.100. The van der Waals surface area contributed by atoms with Crippen molar-refractivity contribution in [2.24, 2.45) is 11.5 Å². The molecule has 0 saturated carbocycles. The average Bonchev–Trinajstić information content (AvgIpc) is 3.36. The van der Waals surface area contributed by atoms with Gasteiger partial charge < -0.3 is 21.2 Å². The number of rotatable bonds is 7. The number of benzene rings is 2. The van der Waals surface area contributed by atoms with Crippen molar-refractivity contribution < 1.29 is 9.53 Å². The normalized spacial score (nSPS) is 11.2. The molecule has 0 radical (unpaired) electrons. The van der Waals surface area contributed by atoms with E-state index in [9.17, 15) is 4.79 Å². The van der Waals surface area contributed by atoms with Crippen LogP contribution in [0, 0.1) is 0 Å². The minimum Gasteiger partial charge on any atom is -0.494 e. The summed E-state index contributed by atoms with van der Waals surface area (Å²) in [6, 6.07) is 8.58. The van der Waals surface area contributed by atoms with Crippen molar-refractivity contribution in [3.63, 3.8) is 0 Å². The Hall–Kier alpha value is -3.07. The zero-order valence-corrected chi connectivity index (χ0v) is 18.2. The monoisotopic (exact) mass is 458 g/mol. The van der Waals surface area contributed by atoms with E-state index in [4.69, 9.17) is 44.5 Å². The lowest BCUT2D eigenvalue weighted by Gasteiger charge is -2.09. The number of carbonyl (C=O) groups is 1. The number of carbonyl (C=O) groups excluding carboxylic acids is 1. The number of primary amides is 1. The zero-order chi connectivity index (χ0) is 22.1. The highest BCUT2D eigenvalue weighted by molar-refractivity contribution is 6.36. The number of nitrogens with one attached hydrogen (secondary N) is 1. The van der Waals surface area contributed by atoms with Crippen molar-refractivity contribution in [2.45, 2.75) is 13.0 Å². The number of aromatic amines is 1. The van der Waals surface area contributed by atoms with E-state index in [0.29, 0.717) is 57.2 Å². The number of methoxy groups -OCH3 is 1. The summed E-state index contributed by atoms with van der Waals surface area (Å²) in [6.45, 7) is 1.17. The van der Waals surface area contributed by atoms with Gasteiger partial charge in [-0.3, -0.25) is 9.48 Å². The van der Waals surface area contributed by atoms with Gasteiger partial charge in [0, 0.05) is 28.1 Å². The van der Waals surface area contributed by atoms with E-state index in [1.807, 2.05) is 10.7 Å². The zero-order valence-electron chi connectivity index (χ0n) is 16.7. The molecule has 0 spiro atoms. The number of nitrogens with zero attached hydrogens (tertiary/aromatic N) is 3. The van der Waals surface area contributed by atoms with Crippen molar-refractivity contribution in [1.29, 1.82) is 0 Å². The molecule has 0 bridgehead atoms. The molecule has 4 rings (SSSR count). The minimum absolute atomic E-state index is 0.391. The predicted octanol–water partition coefficient (Wildman–Crippen LogP) is 3.86. The average molecular weight is 459 g/mol. The molecule has 4 aromatic rings. The summed E-state index contributed by atoms with van der Waals surface area (Å²) < 4.78 is 7.29. The van der Waals surface area contributed by atoms with Crippen LogP contribution in [0.25, 0.3) is 33.7 Å². The molecule has 0 atom stereocenters. The molecular formula is C21H20Cl2N6O2. The van der Waals surface area contributed by atoms with Crippen LogP contribution in [0.2, 0.25) is 10.0 Å². The van der Waals surface area contributed by atoms with Gasteiger partial charge in [-0.2, -0.15) is 5.10 Å². The van der Waals surface area contributed by atoms with Gasteiger partial charge in [-0.25, -0.2) is 4.98 Å². The van der Waals surface area contributed by atoms with Gasteiger partial charge in [-0.05, 0) is 43.3 Å². The number of ether oxygens (including phenoxy) is 1. The lowest BCUT2D eigenvalue weighted by Crippen LogP contribution is -2.10. The number of amides is 1. The number of fused-ring (bicyclic) bond motifs is 1. The summed E-state index contributed by atoms with van der Waals surface area (Å²) in [5, 5.41) is 6.33. The number of imidazole rings is 1. The smallest absolute Gasteiger partial charge is 0.248 e. The Bertz CT molecular complexity index is 1280. The predicted molar refractivity (Wildman–Crippen MR) is 122 cm³/mol. The molecule has 0 aliphatic heterocycles. The van der Waals surface area contributed by atoms with Crippen molar-refractivity contribution in [2.75, 3.05) is 13.7 Å². The Kier molecular flexibility index (Phi) is 5.86.